The van der Waals surface area contributed by atoms with Gasteiger partial charge in [-0.05, 0) is 62.5 Å². The first kappa shape index (κ1) is 19.8. The highest BCUT2D eigenvalue weighted by atomic mass is 14.7. The fourth-order valence-electron chi connectivity index (χ4n) is 2.51. The Labute approximate surface area is 146 Å². The number of nitrogens with zero attached hydrogens (tertiary/aromatic N) is 1. The maximum Gasteiger partial charge on any atom is 0.0467 e. The first-order chi connectivity index (χ1) is 11.5. The van der Waals surface area contributed by atoms with Crippen molar-refractivity contribution in [3.8, 4) is 0 Å². The predicted octanol–water partition coefficient (Wildman–Crippen LogP) is 5.46. The molecule has 1 aromatic carbocycles. The van der Waals surface area contributed by atoms with E-state index in [1.54, 1.807) is 0 Å². The van der Waals surface area contributed by atoms with E-state index in [2.05, 4.69) is 31.8 Å². The largest absolute Gasteiger partial charge is 0.399 e. The lowest BCUT2D eigenvalue weighted by Gasteiger charge is -2.18. The molecule has 1 aromatic rings. The Morgan fingerprint density at radius 2 is 1.75 bits per heavy atom. The summed E-state index contributed by atoms with van der Waals surface area (Å²) in [5.41, 5.74) is 19.3. The van der Waals surface area contributed by atoms with Gasteiger partial charge in [0.1, 0.15) is 0 Å². The molecule has 3 nitrogen and oxygen atoms in total. The summed E-state index contributed by atoms with van der Waals surface area (Å²) in [4.78, 5) is 4.51. The van der Waals surface area contributed by atoms with Gasteiger partial charge in [-0.15, -0.1) is 0 Å². The normalized spacial score (nSPS) is 14.6. The summed E-state index contributed by atoms with van der Waals surface area (Å²) in [6.45, 7) is 10.3. The molecule has 24 heavy (non-hydrogen) atoms. The van der Waals surface area contributed by atoms with Crippen molar-refractivity contribution in [1.82, 2.24) is 0 Å². The van der Waals surface area contributed by atoms with Crippen molar-refractivity contribution in [2.75, 3.05) is 5.73 Å². The Kier molecular flexibility index (Phi) is 8.03. The quantitative estimate of drug-likeness (QED) is 0.397. The number of nitrogen functional groups attached to an aromatic ring is 1. The molecule has 0 fully saturated rings. The van der Waals surface area contributed by atoms with E-state index in [9.17, 15) is 0 Å². The van der Waals surface area contributed by atoms with Gasteiger partial charge in [0.15, 0.2) is 0 Å². The van der Waals surface area contributed by atoms with Crippen LogP contribution in [-0.4, -0.2) is 6.21 Å². The first-order valence-corrected chi connectivity index (χ1v) is 8.67. The topological polar surface area (TPSA) is 64.4 Å². The monoisotopic (exact) mass is 325 g/mol. The molecular formula is C21H31N3. The Morgan fingerprint density at radius 1 is 1.12 bits per heavy atom. The lowest BCUT2D eigenvalue weighted by atomic mass is 9.90. The van der Waals surface area contributed by atoms with Crippen LogP contribution in [0.4, 0.5) is 5.69 Å². The van der Waals surface area contributed by atoms with Crippen LogP contribution in [0.5, 0.6) is 0 Å². The summed E-state index contributed by atoms with van der Waals surface area (Å²) >= 11 is 0. The highest BCUT2D eigenvalue weighted by Gasteiger charge is 2.15. The van der Waals surface area contributed by atoms with Crippen molar-refractivity contribution in [3.63, 3.8) is 0 Å². The lowest BCUT2D eigenvalue weighted by Crippen LogP contribution is -2.08. The number of hydrogen-bond acceptors (Lipinski definition) is 3. The van der Waals surface area contributed by atoms with E-state index in [0.29, 0.717) is 0 Å². The number of unbranched alkanes of at least 4 members (excludes halogenated alkanes) is 1. The van der Waals surface area contributed by atoms with E-state index < -0.39 is 0 Å². The minimum Gasteiger partial charge on any atom is -0.399 e. The van der Waals surface area contributed by atoms with E-state index in [0.717, 1.165) is 53.1 Å². The van der Waals surface area contributed by atoms with Gasteiger partial charge in [-0.25, -0.2) is 0 Å². The molecule has 0 aromatic heterocycles. The lowest BCUT2D eigenvalue weighted by molar-refractivity contribution is 0.958. The molecule has 0 saturated heterocycles. The molecule has 0 bridgehead atoms. The van der Waals surface area contributed by atoms with Crippen molar-refractivity contribution in [2.24, 2.45) is 10.7 Å². The van der Waals surface area contributed by atoms with Gasteiger partial charge < -0.3 is 11.5 Å². The van der Waals surface area contributed by atoms with E-state index in [4.69, 9.17) is 11.5 Å². The van der Waals surface area contributed by atoms with Crippen LogP contribution in [0, 0.1) is 0 Å². The van der Waals surface area contributed by atoms with Gasteiger partial charge in [0.2, 0.25) is 0 Å². The van der Waals surface area contributed by atoms with Crippen molar-refractivity contribution < 1.29 is 0 Å². The molecule has 3 heteroatoms. The minimum absolute atomic E-state index is 0.760. The molecule has 0 amide bonds. The standard InChI is InChI=1S/C21H31N3/c1-6-9-10-19(17-11-13-18(22)14-12-17)20(16(5)24-8-3)21(23)15(4)7-2/h8,10-14H,6-7,9,22-23H2,1-5H3/b19-10-,20-16-,21-15-,24-8?. The first-order valence-electron chi connectivity index (χ1n) is 8.67. The molecule has 0 aliphatic rings. The van der Waals surface area contributed by atoms with Crippen LogP contribution in [0.15, 0.2) is 57.9 Å². The van der Waals surface area contributed by atoms with Crippen LogP contribution in [-0.2, 0) is 0 Å². The van der Waals surface area contributed by atoms with Crippen LogP contribution >= 0.6 is 0 Å². The molecule has 0 unspecified atom stereocenters. The molecule has 0 saturated carbocycles. The Bertz CT molecular complexity index is 659. The molecule has 130 valence electrons. The third-order valence-corrected chi connectivity index (χ3v) is 4.07. The second-order valence-electron chi connectivity index (χ2n) is 5.92. The number of hydrogen-bond donors (Lipinski definition) is 2. The summed E-state index contributed by atoms with van der Waals surface area (Å²) in [7, 11) is 0. The summed E-state index contributed by atoms with van der Waals surface area (Å²) < 4.78 is 0. The molecular weight excluding hydrogens is 294 g/mol. The van der Waals surface area contributed by atoms with Crippen molar-refractivity contribution in [2.45, 2.75) is 53.9 Å². The van der Waals surface area contributed by atoms with E-state index in [1.165, 1.54) is 5.57 Å². The number of allylic oxidation sites excluding steroid dienone is 4. The highest BCUT2D eigenvalue weighted by Crippen LogP contribution is 2.32. The van der Waals surface area contributed by atoms with Gasteiger partial charge in [-0.2, -0.15) is 0 Å². The summed E-state index contributed by atoms with van der Waals surface area (Å²) in [6, 6.07) is 7.96. The van der Waals surface area contributed by atoms with Gasteiger partial charge in [-0.1, -0.05) is 38.5 Å². The zero-order chi connectivity index (χ0) is 18.1. The zero-order valence-corrected chi connectivity index (χ0v) is 15.7. The van der Waals surface area contributed by atoms with E-state index in [1.807, 2.05) is 44.3 Å². The van der Waals surface area contributed by atoms with Crippen LogP contribution < -0.4 is 11.5 Å². The molecule has 0 atom stereocenters. The molecule has 0 aliphatic carbocycles. The second-order valence-corrected chi connectivity index (χ2v) is 5.92. The Balaban J connectivity index is 3.64. The SMILES string of the molecule is CC=N/C(C)=C(C(=C\CCC)/c1ccc(N)cc1)\C(N)=C(/C)CC. The average molecular weight is 326 g/mol. The fourth-order valence-corrected chi connectivity index (χ4v) is 2.51. The van der Waals surface area contributed by atoms with Gasteiger partial charge in [0.25, 0.3) is 0 Å². The van der Waals surface area contributed by atoms with Crippen LogP contribution in [0.1, 0.15) is 59.4 Å². The van der Waals surface area contributed by atoms with Gasteiger partial charge >= 0.3 is 0 Å². The smallest absolute Gasteiger partial charge is 0.0467 e. The summed E-state index contributed by atoms with van der Waals surface area (Å²) in [5, 5.41) is 0. The summed E-state index contributed by atoms with van der Waals surface area (Å²) in [6.07, 6.45) is 7.06. The molecule has 4 N–H and O–H groups in total. The fraction of sp³-hybridized carbons (Fsp3) is 0.381. The van der Waals surface area contributed by atoms with Crippen molar-refractivity contribution >= 4 is 17.5 Å². The van der Waals surface area contributed by atoms with Crippen LogP contribution in [0.3, 0.4) is 0 Å². The third kappa shape index (κ3) is 5.12. The highest BCUT2D eigenvalue weighted by molar-refractivity contribution is 5.85. The Hall–Kier alpha value is -2.29. The van der Waals surface area contributed by atoms with Crippen molar-refractivity contribution in [1.29, 1.82) is 0 Å². The zero-order valence-electron chi connectivity index (χ0n) is 15.7. The summed E-state index contributed by atoms with van der Waals surface area (Å²) in [5.74, 6) is 0. The molecule has 0 spiro atoms. The molecule has 0 radical (unpaired) electrons. The van der Waals surface area contributed by atoms with Gasteiger partial charge in [-0.3, -0.25) is 4.99 Å². The number of anilines is 1. The van der Waals surface area contributed by atoms with E-state index >= 15 is 0 Å². The van der Waals surface area contributed by atoms with Crippen LogP contribution in [0.25, 0.3) is 5.57 Å². The molecule has 0 aliphatic heterocycles. The third-order valence-electron chi connectivity index (χ3n) is 4.07. The second kappa shape index (κ2) is 9.76. The average Bonchev–Trinajstić information content (AvgIpc) is 2.58. The number of nitrogens with two attached hydrogens (primary N) is 2. The van der Waals surface area contributed by atoms with Gasteiger partial charge in [0, 0.05) is 28.9 Å². The molecule has 0 heterocycles. The van der Waals surface area contributed by atoms with Gasteiger partial charge in [0.05, 0.1) is 0 Å². The predicted molar refractivity (Wildman–Crippen MR) is 108 cm³/mol. The van der Waals surface area contributed by atoms with Crippen LogP contribution in [0.2, 0.25) is 0 Å². The maximum atomic E-state index is 6.53. The number of benzene rings is 1. The Morgan fingerprint density at radius 3 is 2.25 bits per heavy atom. The van der Waals surface area contributed by atoms with E-state index in [-0.39, 0.29) is 0 Å². The minimum atomic E-state index is 0.760. The number of aliphatic imine (C=N–C) groups is 1. The maximum absolute atomic E-state index is 6.53. The number of rotatable bonds is 7. The van der Waals surface area contributed by atoms with Crippen molar-refractivity contribution in [3.05, 3.63) is 58.4 Å². The molecule has 1 rings (SSSR count).